The van der Waals surface area contributed by atoms with Gasteiger partial charge in [-0.05, 0) is 37.8 Å². The number of aliphatic hydroxyl groups excluding tert-OH is 1. The number of amides is 3. The summed E-state index contributed by atoms with van der Waals surface area (Å²) in [5.74, 6) is -1.44. The normalized spacial score (nSPS) is 31.0. The van der Waals surface area contributed by atoms with E-state index in [0.717, 1.165) is 32.1 Å². The highest BCUT2D eigenvalue weighted by atomic mass is 79.9. The molecule has 0 aliphatic carbocycles. The second-order valence-corrected chi connectivity index (χ2v) is 12.7. The maximum atomic E-state index is 13.9. The summed E-state index contributed by atoms with van der Waals surface area (Å²) >= 11 is 11.7. The number of carbonyl (C=O) groups excluding carboxylic acids is 3. The van der Waals surface area contributed by atoms with Gasteiger partial charge in [0.15, 0.2) is 0 Å². The van der Waals surface area contributed by atoms with Gasteiger partial charge in [-0.25, -0.2) is 0 Å². The number of thioether (sulfide) groups is 1. The van der Waals surface area contributed by atoms with E-state index in [9.17, 15) is 14.4 Å². The summed E-state index contributed by atoms with van der Waals surface area (Å²) in [6.07, 6.45) is 4.66. The van der Waals surface area contributed by atoms with E-state index in [-0.39, 0.29) is 34.4 Å². The minimum Gasteiger partial charge on any atom is -0.396 e. The van der Waals surface area contributed by atoms with Crippen LogP contribution in [0.5, 0.6) is 0 Å². The Morgan fingerprint density at radius 1 is 1.23 bits per heavy atom. The number of anilines is 1. The number of nitrogens with one attached hydrogen (secondary N) is 2. The van der Waals surface area contributed by atoms with Gasteiger partial charge in [-0.3, -0.25) is 14.4 Å². The van der Waals surface area contributed by atoms with Crippen molar-refractivity contribution in [2.75, 3.05) is 25.0 Å². The third kappa shape index (κ3) is 4.98. The molecule has 6 atom stereocenters. The summed E-state index contributed by atoms with van der Waals surface area (Å²) < 4.78 is -0.666. The van der Waals surface area contributed by atoms with Gasteiger partial charge in [0.25, 0.3) is 0 Å². The van der Waals surface area contributed by atoms with Crippen molar-refractivity contribution >= 4 is 62.7 Å². The molecule has 3 unspecified atom stereocenters. The maximum absolute atomic E-state index is 13.9. The molecule has 7 nitrogen and oxygen atoms in total. The number of halogens is 2. The van der Waals surface area contributed by atoms with Crippen LogP contribution in [0.3, 0.4) is 0 Å². The van der Waals surface area contributed by atoms with Crippen LogP contribution in [0.2, 0.25) is 5.02 Å². The van der Waals surface area contributed by atoms with E-state index in [1.807, 2.05) is 6.92 Å². The summed E-state index contributed by atoms with van der Waals surface area (Å²) in [4.78, 5) is 42.7. The Kier molecular flexibility index (Phi) is 8.72. The molecule has 3 amide bonds. The number of nitrogens with zero attached hydrogens (tertiary/aromatic N) is 1. The largest absolute Gasteiger partial charge is 0.396 e. The van der Waals surface area contributed by atoms with Gasteiger partial charge in [-0.2, -0.15) is 0 Å². The minimum absolute atomic E-state index is 0.0500. The molecular weight excluding hydrogens is 554 g/mol. The van der Waals surface area contributed by atoms with Crippen molar-refractivity contribution in [1.82, 2.24) is 10.2 Å². The fourth-order valence-corrected chi connectivity index (χ4v) is 9.64. The van der Waals surface area contributed by atoms with Gasteiger partial charge in [-0.15, -0.1) is 11.8 Å². The van der Waals surface area contributed by atoms with E-state index in [4.69, 9.17) is 16.7 Å². The van der Waals surface area contributed by atoms with E-state index in [0.29, 0.717) is 30.2 Å². The van der Waals surface area contributed by atoms with Crippen LogP contribution in [0.1, 0.15) is 45.4 Å². The third-order valence-corrected chi connectivity index (χ3v) is 10.9. The lowest BCUT2D eigenvalue weighted by atomic mass is 9.70. The molecule has 1 spiro atoms. The van der Waals surface area contributed by atoms with E-state index in [2.05, 4.69) is 26.6 Å². The van der Waals surface area contributed by atoms with Gasteiger partial charge in [-0.1, -0.05) is 59.4 Å². The zero-order valence-electron chi connectivity index (χ0n) is 19.8. The van der Waals surface area contributed by atoms with Crippen molar-refractivity contribution in [2.24, 2.45) is 11.8 Å². The monoisotopic (exact) mass is 585 g/mol. The zero-order valence-corrected chi connectivity index (χ0v) is 23.0. The minimum atomic E-state index is -0.687. The second kappa shape index (κ2) is 11.4. The summed E-state index contributed by atoms with van der Waals surface area (Å²) in [5.41, 5.74) is 0.513. The number of hydrogen-bond acceptors (Lipinski definition) is 5. The number of unbranched alkanes of at least 4 members (excludes halogenated alkanes) is 3. The molecule has 3 fully saturated rings. The molecule has 0 radical (unpaired) electrons. The van der Waals surface area contributed by atoms with Crippen LogP contribution in [0.15, 0.2) is 24.3 Å². The van der Waals surface area contributed by atoms with Crippen LogP contribution >= 0.6 is 39.3 Å². The number of carbonyl (C=O) groups is 3. The topological polar surface area (TPSA) is 98.7 Å². The standard InChI is InChI=1S/C25H33BrClN3O4S/c1-2-11-28-22(32)18-19-24(34)30(12-7-3-4-8-13-31)21(25(19)14-15(26)20(18)35-25)23(33)29-17-10-6-5-9-16(17)27/h5-6,9-10,15,18-21,31H,2-4,7-8,11-14H2,1H3,(H,28,32)(H,29,33)/t15?,18-,19-,20-,21?,25?/m0/s1. The highest BCUT2D eigenvalue weighted by Crippen LogP contribution is 2.67. The average Bonchev–Trinajstić information content (AvgIpc) is 3.42. The number of aliphatic hydroxyl groups is 1. The Bertz CT molecular complexity index is 968. The maximum Gasteiger partial charge on any atom is 0.248 e. The summed E-state index contributed by atoms with van der Waals surface area (Å²) in [6, 6.07) is 6.38. The fourth-order valence-electron chi connectivity index (χ4n) is 5.85. The van der Waals surface area contributed by atoms with Crippen molar-refractivity contribution in [3.63, 3.8) is 0 Å². The highest BCUT2D eigenvalue weighted by Gasteiger charge is 2.75. The van der Waals surface area contributed by atoms with Crippen molar-refractivity contribution < 1.29 is 19.5 Å². The molecule has 3 heterocycles. The first-order valence-corrected chi connectivity index (χ1v) is 14.6. The molecule has 3 aliphatic rings. The number of likely N-dealkylation sites (tertiary alicyclic amines) is 1. The van der Waals surface area contributed by atoms with Crippen LogP contribution in [-0.2, 0) is 14.4 Å². The van der Waals surface area contributed by atoms with Gasteiger partial charge in [0.2, 0.25) is 17.7 Å². The molecule has 3 saturated heterocycles. The van der Waals surface area contributed by atoms with E-state index in [1.54, 1.807) is 40.9 Å². The van der Waals surface area contributed by atoms with Gasteiger partial charge >= 0.3 is 0 Å². The van der Waals surface area contributed by atoms with Crippen LogP contribution in [0, 0.1) is 11.8 Å². The molecule has 2 bridgehead atoms. The number of hydrogen-bond donors (Lipinski definition) is 3. The Hall–Kier alpha value is -1.29. The summed E-state index contributed by atoms with van der Waals surface area (Å²) in [5, 5.41) is 15.4. The lowest BCUT2D eigenvalue weighted by Crippen LogP contribution is -2.53. The Morgan fingerprint density at radius 2 is 1.97 bits per heavy atom. The first-order valence-electron chi connectivity index (χ1n) is 12.4. The predicted molar refractivity (Wildman–Crippen MR) is 143 cm³/mol. The lowest BCUT2D eigenvalue weighted by Gasteiger charge is -2.35. The molecule has 3 aliphatic heterocycles. The second-order valence-electron chi connectivity index (χ2n) is 9.59. The number of rotatable bonds is 11. The van der Waals surface area contributed by atoms with Gasteiger partial charge in [0, 0.05) is 29.8 Å². The van der Waals surface area contributed by atoms with Crippen LogP contribution in [0.4, 0.5) is 5.69 Å². The van der Waals surface area contributed by atoms with E-state index >= 15 is 0 Å². The zero-order chi connectivity index (χ0) is 25.2. The third-order valence-electron chi connectivity index (χ3n) is 7.33. The van der Waals surface area contributed by atoms with Crippen molar-refractivity contribution in [3.8, 4) is 0 Å². The summed E-state index contributed by atoms with van der Waals surface area (Å²) in [6.45, 7) is 3.16. The van der Waals surface area contributed by atoms with Crippen molar-refractivity contribution in [1.29, 1.82) is 0 Å². The van der Waals surface area contributed by atoms with E-state index < -0.39 is 22.6 Å². The predicted octanol–water partition coefficient (Wildman–Crippen LogP) is 3.82. The first kappa shape index (κ1) is 26.8. The quantitative estimate of drug-likeness (QED) is 0.271. The van der Waals surface area contributed by atoms with Crippen molar-refractivity contribution in [3.05, 3.63) is 29.3 Å². The SMILES string of the molecule is CCCNC(=O)[C@H]1[C@H]2C(=O)N(CCCCCCO)C(C(=O)Nc3ccccc3Cl)C23CC(Br)[C@@H]1S3. The lowest BCUT2D eigenvalue weighted by molar-refractivity contribution is -0.139. The number of para-hydroxylation sites is 1. The number of benzene rings is 1. The average molecular weight is 587 g/mol. The molecular formula is C25H33BrClN3O4S. The van der Waals surface area contributed by atoms with E-state index in [1.165, 1.54) is 0 Å². The van der Waals surface area contributed by atoms with Crippen LogP contribution in [0.25, 0.3) is 0 Å². The van der Waals surface area contributed by atoms with Crippen LogP contribution < -0.4 is 10.6 Å². The molecule has 3 N–H and O–H groups in total. The van der Waals surface area contributed by atoms with Gasteiger partial charge in [0.1, 0.15) is 6.04 Å². The molecule has 0 aromatic heterocycles. The number of alkyl halides is 1. The summed E-state index contributed by atoms with van der Waals surface area (Å²) in [7, 11) is 0. The first-order chi connectivity index (χ1) is 16.9. The fraction of sp³-hybridized carbons (Fsp3) is 0.640. The van der Waals surface area contributed by atoms with Gasteiger partial charge < -0.3 is 20.6 Å². The van der Waals surface area contributed by atoms with Gasteiger partial charge in [0.05, 0.1) is 27.3 Å². The molecule has 0 saturated carbocycles. The van der Waals surface area contributed by atoms with Crippen molar-refractivity contribution in [2.45, 2.75) is 66.3 Å². The van der Waals surface area contributed by atoms with Crippen LogP contribution in [-0.4, -0.2) is 68.3 Å². The molecule has 1 aromatic carbocycles. The molecule has 10 heteroatoms. The molecule has 35 heavy (non-hydrogen) atoms. The highest BCUT2D eigenvalue weighted by molar-refractivity contribution is 9.09. The molecule has 4 rings (SSSR count). The smallest absolute Gasteiger partial charge is 0.248 e. The Balaban J connectivity index is 1.64. The molecule has 1 aromatic rings. The number of fused-ring (bicyclic) bond motifs is 1. The Labute approximate surface area is 224 Å². The molecule has 192 valence electrons. The Morgan fingerprint density at radius 3 is 2.69 bits per heavy atom.